The summed E-state index contributed by atoms with van der Waals surface area (Å²) in [7, 11) is 1.83. The zero-order valence-electron chi connectivity index (χ0n) is 13.0. The highest BCUT2D eigenvalue weighted by atomic mass is 32.2. The Morgan fingerprint density at radius 1 is 1.26 bits per heavy atom. The van der Waals surface area contributed by atoms with Crippen molar-refractivity contribution in [1.82, 2.24) is 9.13 Å². The van der Waals surface area contributed by atoms with E-state index in [1.807, 2.05) is 12.1 Å². The van der Waals surface area contributed by atoms with Gasteiger partial charge in [0.2, 0.25) is 0 Å². The van der Waals surface area contributed by atoms with Gasteiger partial charge in [0.15, 0.2) is 5.56 Å². The summed E-state index contributed by atoms with van der Waals surface area (Å²) in [5.74, 6) is 0.534. The molecule has 1 heterocycles. The van der Waals surface area contributed by atoms with Gasteiger partial charge in [0.25, 0.3) is 5.56 Å². The Balaban J connectivity index is 2.53. The molecule has 2 rings (SSSR count). The van der Waals surface area contributed by atoms with Crippen molar-refractivity contribution in [1.29, 1.82) is 5.26 Å². The van der Waals surface area contributed by atoms with Gasteiger partial charge in [0.1, 0.15) is 11.9 Å². The van der Waals surface area contributed by atoms with Crippen molar-refractivity contribution in [3.8, 4) is 6.07 Å². The molecule has 1 atom stereocenters. The van der Waals surface area contributed by atoms with Crippen LogP contribution < -0.4 is 16.6 Å². The second-order valence-corrected chi connectivity index (χ2v) is 6.52. The fraction of sp³-hybridized carbons (Fsp3) is 0.267. The predicted molar refractivity (Wildman–Crippen MR) is 89.1 cm³/mol. The van der Waals surface area contributed by atoms with Gasteiger partial charge in [-0.2, -0.15) is 5.26 Å². The average molecular weight is 332 g/mol. The van der Waals surface area contributed by atoms with Crippen molar-refractivity contribution in [2.75, 3.05) is 11.6 Å². The molecule has 1 aromatic carbocycles. The van der Waals surface area contributed by atoms with Gasteiger partial charge in [0.05, 0.1) is 0 Å². The number of hydrogen-bond donors (Lipinski definition) is 1. The maximum Gasteiger partial charge on any atom is 0.332 e. The number of aromatic nitrogens is 2. The summed E-state index contributed by atoms with van der Waals surface area (Å²) in [6, 6.07) is 8.95. The van der Waals surface area contributed by atoms with Crippen molar-refractivity contribution in [3.63, 3.8) is 0 Å². The number of hydrogen-bond acceptors (Lipinski definition) is 5. The molecule has 2 aromatic rings. The normalized spacial score (nSPS) is 11.7. The van der Waals surface area contributed by atoms with Crippen LogP contribution in [0.1, 0.15) is 11.1 Å². The lowest BCUT2D eigenvalue weighted by Gasteiger charge is -2.14. The summed E-state index contributed by atoms with van der Waals surface area (Å²) in [5.41, 5.74) is 0.140. The summed E-state index contributed by atoms with van der Waals surface area (Å²) >= 11 is 0. The van der Waals surface area contributed by atoms with Crippen LogP contribution >= 0.6 is 0 Å². The number of anilines is 2. The Kier molecular flexibility index (Phi) is 4.81. The molecular weight excluding hydrogens is 316 g/mol. The number of rotatable bonds is 4. The SMILES string of the molecule is Cn1c(Nc2cccc(CS(C)=O)c2)c(C#N)c(=O)n(C)c1=O. The molecule has 0 aliphatic heterocycles. The monoisotopic (exact) mass is 332 g/mol. The quantitative estimate of drug-likeness (QED) is 0.883. The van der Waals surface area contributed by atoms with E-state index in [9.17, 15) is 19.1 Å². The molecule has 7 nitrogen and oxygen atoms in total. The van der Waals surface area contributed by atoms with Gasteiger partial charge in [-0.05, 0) is 17.7 Å². The van der Waals surface area contributed by atoms with E-state index in [1.54, 1.807) is 24.5 Å². The van der Waals surface area contributed by atoms with Crippen LogP contribution in [0.25, 0.3) is 0 Å². The molecule has 0 saturated heterocycles. The molecule has 1 N–H and O–H groups in total. The van der Waals surface area contributed by atoms with Crippen molar-refractivity contribution < 1.29 is 4.21 Å². The Morgan fingerprint density at radius 3 is 2.57 bits per heavy atom. The molecule has 0 bridgehead atoms. The van der Waals surface area contributed by atoms with Gasteiger partial charge >= 0.3 is 5.69 Å². The van der Waals surface area contributed by atoms with Gasteiger partial charge < -0.3 is 5.32 Å². The van der Waals surface area contributed by atoms with E-state index >= 15 is 0 Å². The zero-order chi connectivity index (χ0) is 17.1. The van der Waals surface area contributed by atoms with Crippen LogP contribution in [0, 0.1) is 11.3 Å². The number of nitriles is 1. The van der Waals surface area contributed by atoms with E-state index < -0.39 is 22.0 Å². The Hall–Kier alpha value is -2.66. The van der Waals surface area contributed by atoms with Crippen LogP contribution in [0.4, 0.5) is 11.5 Å². The summed E-state index contributed by atoms with van der Waals surface area (Å²) in [6.45, 7) is 0. The van der Waals surface area contributed by atoms with Crippen LogP contribution in [0.15, 0.2) is 33.9 Å². The van der Waals surface area contributed by atoms with E-state index in [2.05, 4.69) is 5.32 Å². The zero-order valence-corrected chi connectivity index (χ0v) is 13.8. The average Bonchev–Trinajstić information content (AvgIpc) is 2.50. The molecule has 8 heteroatoms. The first-order valence-corrected chi connectivity index (χ1v) is 8.44. The van der Waals surface area contributed by atoms with E-state index in [0.717, 1.165) is 10.1 Å². The third-order valence-electron chi connectivity index (χ3n) is 3.34. The van der Waals surface area contributed by atoms with Crippen molar-refractivity contribution in [3.05, 3.63) is 56.2 Å². The van der Waals surface area contributed by atoms with Gasteiger partial charge in [-0.15, -0.1) is 0 Å². The molecule has 0 radical (unpaired) electrons. The second-order valence-electron chi connectivity index (χ2n) is 5.08. The minimum Gasteiger partial charge on any atom is -0.340 e. The van der Waals surface area contributed by atoms with Crippen LogP contribution in [-0.4, -0.2) is 19.6 Å². The topological polar surface area (TPSA) is 96.9 Å². The van der Waals surface area contributed by atoms with Crippen LogP contribution in [0.2, 0.25) is 0 Å². The molecule has 23 heavy (non-hydrogen) atoms. The molecule has 120 valence electrons. The van der Waals surface area contributed by atoms with Crippen LogP contribution in [0.5, 0.6) is 0 Å². The van der Waals surface area contributed by atoms with Gasteiger partial charge in [0, 0.05) is 42.6 Å². The molecular formula is C15H16N4O3S. The van der Waals surface area contributed by atoms with Crippen molar-refractivity contribution in [2.45, 2.75) is 5.75 Å². The lowest BCUT2D eigenvalue weighted by atomic mass is 10.2. The van der Waals surface area contributed by atoms with Crippen LogP contribution in [-0.2, 0) is 30.6 Å². The third-order valence-corrected chi connectivity index (χ3v) is 4.08. The fourth-order valence-corrected chi connectivity index (χ4v) is 2.85. The summed E-state index contributed by atoms with van der Waals surface area (Å²) in [6.07, 6.45) is 1.61. The Bertz CT molecular complexity index is 937. The first-order chi connectivity index (χ1) is 10.8. The molecule has 1 aromatic heterocycles. The Labute approximate surface area is 135 Å². The van der Waals surface area contributed by atoms with Crippen molar-refractivity contribution in [2.24, 2.45) is 14.1 Å². The van der Waals surface area contributed by atoms with Crippen LogP contribution in [0.3, 0.4) is 0 Å². The third kappa shape index (κ3) is 3.40. The first kappa shape index (κ1) is 16.7. The predicted octanol–water partition coefficient (Wildman–Crippen LogP) is 0.578. The fourth-order valence-electron chi connectivity index (χ4n) is 2.20. The summed E-state index contributed by atoms with van der Waals surface area (Å²) in [4.78, 5) is 24.1. The van der Waals surface area contributed by atoms with E-state index in [4.69, 9.17) is 0 Å². The summed E-state index contributed by atoms with van der Waals surface area (Å²) < 4.78 is 13.4. The summed E-state index contributed by atoms with van der Waals surface area (Å²) in [5, 5.41) is 12.2. The van der Waals surface area contributed by atoms with Gasteiger partial charge in [-0.3, -0.25) is 18.1 Å². The lowest BCUT2D eigenvalue weighted by molar-refractivity contribution is 0.686. The smallest absolute Gasteiger partial charge is 0.332 e. The molecule has 1 unspecified atom stereocenters. The minimum absolute atomic E-state index is 0.135. The molecule has 0 fully saturated rings. The van der Waals surface area contributed by atoms with Gasteiger partial charge in [-0.25, -0.2) is 4.79 Å². The minimum atomic E-state index is -0.981. The highest BCUT2D eigenvalue weighted by Gasteiger charge is 2.15. The number of benzene rings is 1. The molecule has 0 aliphatic rings. The van der Waals surface area contributed by atoms with Gasteiger partial charge in [-0.1, -0.05) is 12.1 Å². The van der Waals surface area contributed by atoms with E-state index in [0.29, 0.717) is 11.4 Å². The number of nitrogens with one attached hydrogen (secondary N) is 1. The van der Waals surface area contributed by atoms with Crippen molar-refractivity contribution >= 4 is 22.3 Å². The highest BCUT2D eigenvalue weighted by Crippen LogP contribution is 2.18. The highest BCUT2D eigenvalue weighted by molar-refractivity contribution is 7.83. The first-order valence-electron chi connectivity index (χ1n) is 6.71. The maximum atomic E-state index is 12.0. The second kappa shape index (κ2) is 6.62. The molecule has 0 saturated carbocycles. The van der Waals surface area contributed by atoms with E-state index in [1.165, 1.54) is 18.7 Å². The molecule has 0 amide bonds. The number of nitrogens with zero attached hydrogens (tertiary/aromatic N) is 3. The molecule has 0 spiro atoms. The standard InChI is InChI=1S/C15H16N4O3S/c1-18-13(12(8-16)14(20)19(2)15(18)21)17-11-6-4-5-10(7-11)9-23(3)22/h4-7,17H,9H2,1-3H3. The Morgan fingerprint density at radius 2 is 1.96 bits per heavy atom. The lowest BCUT2D eigenvalue weighted by Crippen LogP contribution is -2.39. The van der Waals surface area contributed by atoms with E-state index in [-0.39, 0.29) is 11.4 Å². The largest absolute Gasteiger partial charge is 0.340 e. The molecule has 0 aliphatic carbocycles. The maximum absolute atomic E-state index is 12.0.